The largest absolute Gasteiger partial charge is 0.417 e. The normalized spacial score (nSPS) is 21.0. The van der Waals surface area contributed by atoms with Crippen LogP contribution in [-0.4, -0.2) is 11.9 Å². The molecular weight excluding hydrogens is 365 g/mol. The molecule has 1 aliphatic carbocycles. The van der Waals surface area contributed by atoms with Crippen molar-refractivity contribution in [3.05, 3.63) is 70.2 Å². The molecule has 0 radical (unpaired) electrons. The van der Waals surface area contributed by atoms with E-state index in [-0.39, 0.29) is 16.9 Å². The van der Waals surface area contributed by atoms with E-state index in [1.807, 2.05) is 30.3 Å². The Morgan fingerprint density at radius 3 is 2.54 bits per heavy atom. The molecule has 0 aromatic heterocycles. The minimum atomic E-state index is -4.55. The van der Waals surface area contributed by atoms with Gasteiger partial charge >= 0.3 is 6.18 Å². The lowest BCUT2D eigenvalue weighted by Gasteiger charge is -2.29. The molecule has 3 rings (SSSR count). The van der Waals surface area contributed by atoms with Crippen LogP contribution in [0.5, 0.6) is 0 Å². The third-order valence-corrected chi connectivity index (χ3v) is 4.96. The Morgan fingerprint density at radius 2 is 1.85 bits per heavy atom. The summed E-state index contributed by atoms with van der Waals surface area (Å²) in [5, 5.41) is -0.360. The number of carbonyl (C=O) groups excluding carboxylic acids is 1. The number of ketones is 1. The Bertz CT molecular complexity index is 774. The van der Waals surface area contributed by atoms with Gasteiger partial charge < -0.3 is 4.74 Å². The summed E-state index contributed by atoms with van der Waals surface area (Å²) in [6.07, 6.45) is -3.45. The predicted molar refractivity (Wildman–Crippen MR) is 93.1 cm³/mol. The standard InChI is InChI=1S/C20H18ClF3O2/c21-18-8-6-14(10-17(18)20(22,23)24)16-11-15(7-9-19(16)25)26-12-13-4-2-1-3-5-13/h1-6,8,10,15-16H,7,9,11-12H2. The molecule has 0 bridgehead atoms. The molecule has 2 atom stereocenters. The van der Waals surface area contributed by atoms with Crippen LogP contribution in [0, 0.1) is 0 Å². The van der Waals surface area contributed by atoms with Gasteiger partial charge in [0.15, 0.2) is 0 Å². The highest BCUT2D eigenvalue weighted by Crippen LogP contribution is 2.39. The van der Waals surface area contributed by atoms with Crippen molar-refractivity contribution >= 4 is 17.4 Å². The molecule has 0 amide bonds. The topological polar surface area (TPSA) is 26.3 Å². The molecule has 0 aliphatic heterocycles. The van der Waals surface area contributed by atoms with E-state index in [1.54, 1.807) is 0 Å². The van der Waals surface area contributed by atoms with E-state index in [9.17, 15) is 18.0 Å². The van der Waals surface area contributed by atoms with Crippen molar-refractivity contribution < 1.29 is 22.7 Å². The second-order valence-corrected chi connectivity index (χ2v) is 6.86. The van der Waals surface area contributed by atoms with E-state index >= 15 is 0 Å². The molecule has 1 saturated carbocycles. The van der Waals surface area contributed by atoms with Gasteiger partial charge in [-0.15, -0.1) is 0 Å². The zero-order valence-electron chi connectivity index (χ0n) is 13.9. The van der Waals surface area contributed by atoms with Crippen molar-refractivity contribution in [2.45, 2.75) is 44.1 Å². The molecule has 138 valence electrons. The monoisotopic (exact) mass is 382 g/mol. The second-order valence-electron chi connectivity index (χ2n) is 6.45. The number of Topliss-reactive ketones (excluding diaryl/α,β-unsaturated/α-hetero) is 1. The molecule has 26 heavy (non-hydrogen) atoms. The lowest BCUT2D eigenvalue weighted by molar-refractivity contribution is -0.137. The first kappa shape index (κ1) is 18.9. The molecule has 2 unspecified atom stereocenters. The number of rotatable bonds is 4. The van der Waals surface area contributed by atoms with E-state index in [4.69, 9.17) is 16.3 Å². The Kier molecular flexibility index (Phi) is 5.68. The van der Waals surface area contributed by atoms with Crippen LogP contribution in [0.15, 0.2) is 48.5 Å². The molecule has 0 spiro atoms. The lowest BCUT2D eigenvalue weighted by atomic mass is 9.81. The molecule has 0 saturated heterocycles. The van der Waals surface area contributed by atoms with E-state index < -0.39 is 17.7 Å². The van der Waals surface area contributed by atoms with Gasteiger partial charge in [0, 0.05) is 12.3 Å². The van der Waals surface area contributed by atoms with Gasteiger partial charge in [-0.2, -0.15) is 13.2 Å². The van der Waals surface area contributed by atoms with Crippen LogP contribution in [0.2, 0.25) is 5.02 Å². The second kappa shape index (κ2) is 7.80. The van der Waals surface area contributed by atoms with E-state index in [0.717, 1.165) is 11.6 Å². The summed E-state index contributed by atoms with van der Waals surface area (Å²) in [6, 6.07) is 13.3. The van der Waals surface area contributed by atoms with Gasteiger partial charge in [0.05, 0.1) is 23.3 Å². The maximum atomic E-state index is 13.1. The highest BCUT2D eigenvalue weighted by Gasteiger charge is 2.36. The van der Waals surface area contributed by atoms with Gasteiger partial charge in [0.1, 0.15) is 5.78 Å². The molecule has 0 N–H and O–H groups in total. The fourth-order valence-electron chi connectivity index (χ4n) is 3.23. The zero-order valence-corrected chi connectivity index (χ0v) is 14.7. The molecule has 2 nitrogen and oxygen atoms in total. The van der Waals surface area contributed by atoms with Crippen molar-refractivity contribution in [2.75, 3.05) is 0 Å². The first-order valence-corrected chi connectivity index (χ1v) is 8.77. The van der Waals surface area contributed by atoms with Crippen LogP contribution in [0.1, 0.15) is 41.9 Å². The van der Waals surface area contributed by atoms with Gasteiger partial charge in [0.2, 0.25) is 0 Å². The number of hydrogen-bond acceptors (Lipinski definition) is 2. The SMILES string of the molecule is O=C1CCC(OCc2ccccc2)CC1c1ccc(Cl)c(C(F)(F)F)c1. The third kappa shape index (κ3) is 4.46. The summed E-state index contributed by atoms with van der Waals surface area (Å²) in [4.78, 5) is 12.3. The van der Waals surface area contributed by atoms with Crippen LogP contribution in [0.3, 0.4) is 0 Å². The third-order valence-electron chi connectivity index (χ3n) is 4.63. The van der Waals surface area contributed by atoms with Crippen LogP contribution >= 0.6 is 11.6 Å². The quantitative estimate of drug-likeness (QED) is 0.669. The van der Waals surface area contributed by atoms with Crippen LogP contribution in [-0.2, 0) is 22.3 Å². The Labute approximate surface area is 154 Å². The van der Waals surface area contributed by atoms with E-state index in [2.05, 4.69) is 0 Å². The maximum Gasteiger partial charge on any atom is 0.417 e. The summed E-state index contributed by atoms with van der Waals surface area (Å²) in [7, 11) is 0. The summed E-state index contributed by atoms with van der Waals surface area (Å²) in [6.45, 7) is 0.417. The minimum absolute atomic E-state index is 0.0555. The first-order valence-electron chi connectivity index (χ1n) is 8.39. The van der Waals surface area contributed by atoms with Crippen molar-refractivity contribution in [3.63, 3.8) is 0 Å². The summed E-state index contributed by atoms with van der Waals surface area (Å²) in [5.41, 5.74) is 0.461. The average Bonchev–Trinajstić information content (AvgIpc) is 2.61. The number of hydrogen-bond donors (Lipinski definition) is 0. The van der Waals surface area contributed by atoms with Crippen molar-refractivity contribution in [3.8, 4) is 0 Å². The first-order chi connectivity index (χ1) is 12.3. The molecule has 1 aliphatic rings. The van der Waals surface area contributed by atoms with Gasteiger partial charge in [-0.05, 0) is 36.1 Å². The van der Waals surface area contributed by atoms with Crippen molar-refractivity contribution in [1.29, 1.82) is 0 Å². The van der Waals surface area contributed by atoms with Crippen LogP contribution in [0.4, 0.5) is 13.2 Å². The molecular formula is C20H18ClF3O2. The highest BCUT2D eigenvalue weighted by molar-refractivity contribution is 6.31. The van der Waals surface area contributed by atoms with Crippen LogP contribution < -0.4 is 0 Å². The average molecular weight is 383 g/mol. The summed E-state index contributed by atoms with van der Waals surface area (Å²) >= 11 is 5.67. The number of halogens is 4. The van der Waals surface area contributed by atoms with Crippen molar-refractivity contribution in [2.24, 2.45) is 0 Å². The van der Waals surface area contributed by atoms with Gasteiger partial charge in [-0.25, -0.2) is 0 Å². The van der Waals surface area contributed by atoms with Gasteiger partial charge in [-0.1, -0.05) is 48.0 Å². The number of carbonyl (C=O) groups is 1. The van der Waals surface area contributed by atoms with E-state index in [1.165, 1.54) is 12.1 Å². The zero-order chi connectivity index (χ0) is 18.7. The summed E-state index contributed by atoms with van der Waals surface area (Å²) < 4.78 is 45.1. The smallest absolute Gasteiger partial charge is 0.373 e. The Balaban J connectivity index is 1.73. The molecule has 1 fully saturated rings. The van der Waals surface area contributed by atoms with Gasteiger partial charge in [-0.3, -0.25) is 4.79 Å². The van der Waals surface area contributed by atoms with Crippen molar-refractivity contribution in [1.82, 2.24) is 0 Å². The molecule has 6 heteroatoms. The lowest BCUT2D eigenvalue weighted by Crippen LogP contribution is -2.28. The number of benzene rings is 2. The predicted octanol–water partition coefficient (Wildman–Crippen LogP) is 5.78. The Hall–Kier alpha value is -1.85. The fourth-order valence-corrected chi connectivity index (χ4v) is 3.45. The summed E-state index contributed by atoms with van der Waals surface area (Å²) in [5.74, 6) is -0.650. The maximum absolute atomic E-state index is 13.1. The van der Waals surface area contributed by atoms with E-state index in [0.29, 0.717) is 31.4 Å². The Morgan fingerprint density at radius 1 is 1.12 bits per heavy atom. The highest BCUT2D eigenvalue weighted by atomic mass is 35.5. The fraction of sp³-hybridized carbons (Fsp3) is 0.350. The molecule has 0 heterocycles. The number of alkyl halides is 3. The minimum Gasteiger partial charge on any atom is -0.373 e. The molecule has 2 aromatic carbocycles. The van der Waals surface area contributed by atoms with Gasteiger partial charge in [0.25, 0.3) is 0 Å². The molecule has 2 aromatic rings. The van der Waals surface area contributed by atoms with Crippen LogP contribution in [0.25, 0.3) is 0 Å². The number of ether oxygens (including phenoxy) is 1.